The number of rotatable bonds is 2. The van der Waals surface area contributed by atoms with Crippen LogP contribution in [-0.2, 0) is 4.79 Å². The number of hydrogen-bond acceptors (Lipinski definition) is 1. The number of carbonyl (C=O) groups is 1. The van der Waals surface area contributed by atoms with E-state index in [2.05, 4.69) is 0 Å². The molecule has 0 aliphatic heterocycles. The highest BCUT2D eigenvalue weighted by Crippen LogP contribution is 2.16. The molecule has 10 heavy (non-hydrogen) atoms. The maximum absolute atomic E-state index is 10.4. The molecule has 1 aliphatic carbocycles. The molecule has 54 valence electrons. The van der Waals surface area contributed by atoms with Crippen molar-refractivity contribution < 1.29 is 4.79 Å². The van der Waals surface area contributed by atoms with E-state index in [0.717, 1.165) is 6.42 Å². The lowest BCUT2D eigenvalue weighted by Gasteiger charge is -2.08. The van der Waals surface area contributed by atoms with Crippen LogP contribution in [0.3, 0.4) is 0 Å². The lowest BCUT2D eigenvalue weighted by Crippen LogP contribution is -2.01. The number of halogens is 1. The molecule has 0 N–H and O–H groups in total. The van der Waals surface area contributed by atoms with Crippen LogP contribution in [0.1, 0.15) is 12.8 Å². The van der Waals surface area contributed by atoms with Crippen molar-refractivity contribution in [2.45, 2.75) is 12.8 Å². The zero-order valence-corrected chi connectivity index (χ0v) is 6.34. The van der Waals surface area contributed by atoms with Gasteiger partial charge in [-0.3, -0.25) is 4.79 Å². The average molecular weight is 157 g/mol. The third-order valence-electron chi connectivity index (χ3n) is 1.49. The Morgan fingerprint density at radius 3 is 2.90 bits per heavy atom. The topological polar surface area (TPSA) is 17.1 Å². The SMILES string of the molecule is O=C(Cl)CC1C=CC=CC1. The maximum Gasteiger partial charge on any atom is 0.222 e. The van der Waals surface area contributed by atoms with Crippen molar-refractivity contribution in [2.75, 3.05) is 0 Å². The Bertz CT molecular complexity index is 182. The van der Waals surface area contributed by atoms with Gasteiger partial charge >= 0.3 is 0 Å². The van der Waals surface area contributed by atoms with Gasteiger partial charge in [0.25, 0.3) is 0 Å². The fourth-order valence-electron chi connectivity index (χ4n) is 0.989. The van der Waals surface area contributed by atoms with Crippen LogP contribution in [0.5, 0.6) is 0 Å². The molecule has 1 unspecified atom stereocenters. The summed E-state index contributed by atoms with van der Waals surface area (Å²) in [4.78, 5) is 10.4. The summed E-state index contributed by atoms with van der Waals surface area (Å²) >= 11 is 5.21. The molecule has 0 saturated carbocycles. The van der Waals surface area contributed by atoms with E-state index in [1.54, 1.807) is 0 Å². The van der Waals surface area contributed by atoms with Gasteiger partial charge in [0.1, 0.15) is 0 Å². The van der Waals surface area contributed by atoms with Gasteiger partial charge < -0.3 is 0 Å². The largest absolute Gasteiger partial charge is 0.281 e. The van der Waals surface area contributed by atoms with E-state index in [4.69, 9.17) is 11.6 Å². The third kappa shape index (κ3) is 2.36. The van der Waals surface area contributed by atoms with E-state index in [9.17, 15) is 4.79 Å². The second-order valence-corrected chi connectivity index (χ2v) is 2.79. The molecule has 0 aromatic heterocycles. The summed E-state index contributed by atoms with van der Waals surface area (Å²) in [6.45, 7) is 0. The van der Waals surface area contributed by atoms with E-state index >= 15 is 0 Å². The lowest BCUT2D eigenvalue weighted by molar-refractivity contribution is -0.112. The number of carbonyl (C=O) groups excluding carboxylic acids is 1. The third-order valence-corrected chi connectivity index (χ3v) is 1.65. The molecule has 1 nitrogen and oxygen atoms in total. The molecule has 0 amide bonds. The molecule has 0 radical (unpaired) electrons. The van der Waals surface area contributed by atoms with E-state index < -0.39 is 0 Å². The van der Waals surface area contributed by atoms with Gasteiger partial charge in [-0.1, -0.05) is 24.3 Å². The molecule has 0 bridgehead atoms. The normalized spacial score (nSPS) is 23.1. The van der Waals surface area contributed by atoms with Crippen molar-refractivity contribution in [3.05, 3.63) is 24.3 Å². The quantitative estimate of drug-likeness (QED) is 0.561. The summed E-state index contributed by atoms with van der Waals surface area (Å²) in [6, 6.07) is 0. The molecule has 1 aliphatic rings. The summed E-state index contributed by atoms with van der Waals surface area (Å²) in [5.74, 6) is 0.329. The van der Waals surface area contributed by atoms with Crippen molar-refractivity contribution in [2.24, 2.45) is 5.92 Å². The molecule has 0 saturated heterocycles. The van der Waals surface area contributed by atoms with Crippen molar-refractivity contribution >= 4 is 16.8 Å². The van der Waals surface area contributed by atoms with Crippen molar-refractivity contribution in [1.82, 2.24) is 0 Å². The highest BCUT2D eigenvalue weighted by atomic mass is 35.5. The first-order valence-electron chi connectivity index (χ1n) is 3.30. The first-order valence-corrected chi connectivity index (χ1v) is 3.68. The minimum Gasteiger partial charge on any atom is -0.281 e. The molecule has 0 fully saturated rings. The van der Waals surface area contributed by atoms with Crippen molar-refractivity contribution in [3.63, 3.8) is 0 Å². The van der Waals surface area contributed by atoms with Crippen LogP contribution in [0.2, 0.25) is 0 Å². The van der Waals surface area contributed by atoms with E-state index in [1.165, 1.54) is 0 Å². The van der Waals surface area contributed by atoms with Crippen LogP contribution in [0.25, 0.3) is 0 Å². The zero-order valence-electron chi connectivity index (χ0n) is 5.59. The Labute approximate surface area is 65.4 Å². The Hall–Kier alpha value is -0.560. The van der Waals surface area contributed by atoms with E-state index in [1.807, 2.05) is 24.3 Å². The smallest absolute Gasteiger partial charge is 0.222 e. The fourth-order valence-corrected chi connectivity index (χ4v) is 1.19. The van der Waals surface area contributed by atoms with Crippen LogP contribution in [0.4, 0.5) is 0 Å². The molecule has 0 aromatic carbocycles. The summed E-state index contributed by atoms with van der Waals surface area (Å²) < 4.78 is 0. The van der Waals surface area contributed by atoms with E-state index in [-0.39, 0.29) is 5.24 Å². The maximum atomic E-state index is 10.4. The molecule has 0 spiro atoms. The zero-order chi connectivity index (χ0) is 7.40. The summed E-state index contributed by atoms with van der Waals surface area (Å²) in [5, 5.41) is -0.245. The molecule has 1 atom stereocenters. The second kappa shape index (κ2) is 3.57. The van der Waals surface area contributed by atoms with Gasteiger partial charge in [-0.25, -0.2) is 0 Å². The minimum absolute atomic E-state index is 0.245. The molecule has 0 aromatic rings. The van der Waals surface area contributed by atoms with Crippen LogP contribution < -0.4 is 0 Å². The summed E-state index contributed by atoms with van der Waals surface area (Å²) in [7, 11) is 0. The molecule has 2 heteroatoms. The minimum atomic E-state index is -0.245. The van der Waals surface area contributed by atoms with Crippen LogP contribution in [0.15, 0.2) is 24.3 Å². The lowest BCUT2D eigenvalue weighted by atomic mass is 9.98. The van der Waals surface area contributed by atoms with Crippen LogP contribution in [0, 0.1) is 5.92 Å². The van der Waals surface area contributed by atoms with Crippen molar-refractivity contribution in [1.29, 1.82) is 0 Å². The van der Waals surface area contributed by atoms with Gasteiger partial charge in [-0.05, 0) is 23.9 Å². The highest BCUT2D eigenvalue weighted by molar-refractivity contribution is 6.63. The Morgan fingerprint density at radius 2 is 2.40 bits per heavy atom. The second-order valence-electron chi connectivity index (χ2n) is 2.37. The van der Waals surface area contributed by atoms with Gasteiger partial charge in [-0.2, -0.15) is 0 Å². The first-order chi connectivity index (χ1) is 4.79. The van der Waals surface area contributed by atoms with Gasteiger partial charge in [0.15, 0.2) is 0 Å². The predicted octanol–water partition coefficient (Wildman–Crippen LogP) is 2.27. The highest BCUT2D eigenvalue weighted by Gasteiger charge is 2.08. The molecule has 0 heterocycles. The summed E-state index contributed by atoms with van der Waals surface area (Å²) in [5.41, 5.74) is 0. The summed E-state index contributed by atoms with van der Waals surface area (Å²) in [6.07, 6.45) is 9.39. The fraction of sp³-hybridized carbons (Fsp3) is 0.375. The molecule has 1 rings (SSSR count). The average Bonchev–Trinajstić information content (AvgIpc) is 1.88. The van der Waals surface area contributed by atoms with Gasteiger partial charge in [-0.15, -0.1) is 0 Å². The Balaban J connectivity index is 2.37. The predicted molar refractivity (Wildman–Crippen MR) is 41.9 cm³/mol. The van der Waals surface area contributed by atoms with Crippen LogP contribution >= 0.6 is 11.6 Å². The van der Waals surface area contributed by atoms with Crippen molar-refractivity contribution in [3.8, 4) is 0 Å². The van der Waals surface area contributed by atoms with E-state index in [0.29, 0.717) is 12.3 Å². The standard InChI is InChI=1S/C8H9ClO/c9-8(10)6-7-4-2-1-3-5-7/h1-4,7H,5-6H2. The monoisotopic (exact) mass is 156 g/mol. The van der Waals surface area contributed by atoms with Gasteiger partial charge in [0.2, 0.25) is 5.24 Å². The number of hydrogen-bond donors (Lipinski definition) is 0. The molecular formula is C8H9ClO. The first kappa shape index (κ1) is 7.55. The van der Waals surface area contributed by atoms with Gasteiger partial charge in [0, 0.05) is 6.42 Å². The Morgan fingerprint density at radius 1 is 1.60 bits per heavy atom. The Kier molecular flexibility index (Phi) is 2.69. The van der Waals surface area contributed by atoms with Crippen LogP contribution in [-0.4, -0.2) is 5.24 Å². The number of allylic oxidation sites excluding steroid dienone is 4. The van der Waals surface area contributed by atoms with Gasteiger partial charge in [0.05, 0.1) is 0 Å². The molecular weight excluding hydrogens is 148 g/mol.